The van der Waals surface area contributed by atoms with Crippen molar-refractivity contribution >= 4 is 11.9 Å². The summed E-state index contributed by atoms with van der Waals surface area (Å²) in [6.45, 7) is 4.71. The molecule has 8 nitrogen and oxygen atoms in total. The highest BCUT2D eigenvalue weighted by molar-refractivity contribution is 5.82. The van der Waals surface area contributed by atoms with Gasteiger partial charge in [-0.15, -0.1) is 0 Å². The van der Waals surface area contributed by atoms with Crippen LogP contribution in [0, 0.1) is 11.8 Å². The third-order valence-electron chi connectivity index (χ3n) is 4.83. The van der Waals surface area contributed by atoms with Gasteiger partial charge in [-0.3, -0.25) is 9.79 Å². The Morgan fingerprint density at radius 3 is 2.36 bits per heavy atom. The average Bonchev–Trinajstić information content (AvgIpc) is 3.11. The van der Waals surface area contributed by atoms with E-state index in [1.54, 1.807) is 27.3 Å². The van der Waals surface area contributed by atoms with E-state index in [1.807, 2.05) is 12.1 Å². The third-order valence-corrected chi connectivity index (χ3v) is 4.83. The number of nitrogens with zero attached hydrogens (tertiary/aromatic N) is 2. The lowest BCUT2D eigenvalue weighted by Gasteiger charge is -2.21. The molecule has 0 aliphatic carbocycles. The van der Waals surface area contributed by atoms with Gasteiger partial charge in [0.05, 0.1) is 33.9 Å². The number of nitrogens with one attached hydrogen (secondary N) is 1. The lowest BCUT2D eigenvalue weighted by molar-refractivity contribution is -0.145. The summed E-state index contributed by atoms with van der Waals surface area (Å²) < 4.78 is 21.2. The molecule has 1 aromatic carbocycles. The van der Waals surface area contributed by atoms with Crippen LogP contribution in [0.1, 0.15) is 13.3 Å². The van der Waals surface area contributed by atoms with Crippen LogP contribution in [0.2, 0.25) is 0 Å². The molecule has 2 unspecified atom stereocenters. The van der Waals surface area contributed by atoms with Crippen LogP contribution in [-0.4, -0.2) is 71.4 Å². The van der Waals surface area contributed by atoms with E-state index in [2.05, 4.69) is 22.1 Å². The molecule has 0 amide bonds. The largest absolute Gasteiger partial charge is 0.496 e. The van der Waals surface area contributed by atoms with Crippen molar-refractivity contribution in [3.05, 3.63) is 18.2 Å². The Balaban J connectivity index is 1.77. The molecular formula is C20H31N3O5. The number of esters is 1. The van der Waals surface area contributed by atoms with E-state index in [1.165, 1.54) is 7.11 Å². The minimum absolute atomic E-state index is 0.116. The fraction of sp³-hybridized carbons (Fsp3) is 0.600. The van der Waals surface area contributed by atoms with Gasteiger partial charge < -0.3 is 29.2 Å². The summed E-state index contributed by atoms with van der Waals surface area (Å²) in [5.74, 6) is 2.84. The van der Waals surface area contributed by atoms with Crippen molar-refractivity contribution in [2.75, 3.05) is 54.6 Å². The maximum atomic E-state index is 11.9. The first-order chi connectivity index (χ1) is 13.5. The van der Waals surface area contributed by atoms with Crippen LogP contribution < -0.4 is 19.5 Å². The molecule has 1 aliphatic heterocycles. The summed E-state index contributed by atoms with van der Waals surface area (Å²) in [5.41, 5.74) is 0. The van der Waals surface area contributed by atoms with E-state index in [-0.39, 0.29) is 17.8 Å². The van der Waals surface area contributed by atoms with E-state index < -0.39 is 0 Å². The zero-order valence-electron chi connectivity index (χ0n) is 17.4. The Kier molecular flexibility index (Phi) is 8.22. The number of rotatable bonds is 8. The monoisotopic (exact) mass is 393 g/mol. The highest BCUT2D eigenvalue weighted by Crippen LogP contribution is 2.27. The fourth-order valence-electron chi connectivity index (χ4n) is 3.26. The second-order valence-corrected chi connectivity index (χ2v) is 6.74. The molecule has 0 radical (unpaired) electrons. The van der Waals surface area contributed by atoms with Gasteiger partial charge in [-0.2, -0.15) is 0 Å². The van der Waals surface area contributed by atoms with Crippen LogP contribution in [0.5, 0.6) is 17.2 Å². The first-order valence-electron chi connectivity index (χ1n) is 9.41. The van der Waals surface area contributed by atoms with E-state index in [0.717, 1.165) is 18.9 Å². The molecule has 1 aromatic rings. The van der Waals surface area contributed by atoms with Crippen molar-refractivity contribution in [3.8, 4) is 17.2 Å². The summed E-state index contributed by atoms with van der Waals surface area (Å²) in [6, 6.07) is 5.46. The molecule has 1 saturated heterocycles. The van der Waals surface area contributed by atoms with Crippen molar-refractivity contribution in [3.63, 3.8) is 0 Å². The predicted octanol–water partition coefficient (Wildman–Crippen LogP) is 1.79. The Hall–Kier alpha value is -2.64. The molecule has 2 atom stereocenters. The summed E-state index contributed by atoms with van der Waals surface area (Å²) in [5, 5.41) is 3.34. The number of likely N-dealkylation sites (tertiary alicyclic amines) is 1. The van der Waals surface area contributed by atoms with Crippen LogP contribution in [0.3, 0.4) is 0 Å². The summed E-state index contributed by atoms with van der Waals surface area (Å²) >= 11 is 0. The Morgan fingerprint density at radius 2 is 1.79 bits per heavy atom. The quantitative estimate of drug-likeness (QED) is 0.312. The predicted molar refractivity (Wildman–Crippen MR) is 107 cm³/mol. The molecule has 28 heavy (non-hydrogen) atoms. The number of carbonyl (C=O) groups is 1. The number of guanidine groups is 1. The van der Waals surface area contributed by atoms with Crippen LogP contribution in [0.4, 0.5) is 0 Å². The number of benzene rings is 1. The molecule has 2 rings (SSSR count). The highest BCUT2D eigenvalue weighted by Gasteiger charge is 2.36. The van der Waals surface area contributed by atoms with Gasteiger partial charge in [0.2, 0.25) is 0 Å². The number of hydrogen-bond donors (Lipinski definition) is 1. The van der Waals surface area contributed by atoms with E-state index in [4.69, 9.17) is 18.9 Å². The topological polar surface area (TPSA) is 81.6 Å². The number of aliphatic imine (C=N–C) groups is 1. The molecule has 1 heterocycles. The summed E-state index contributed by atoms with van der Waals surface area (Å²) in [6.07, 6.45) is 0.794. The maximum Gasteiger partial charge on any atom is 0.310 e. The molecule has 0 bridgehead atoms. The van der Waals surface area contributed by atoms with Gasteiger partial charge in [0.15, 0.2) is 5.96 Å². The minimum Gasteiger partial charge on any atom is -0.496 e. The molecule has 1 fully saturated rings. The number of hydrogen-bond acceptors (Lipinski definition) is 6. The number of carbonyl (C=O) groups excluding carboxylic acids is 1. The SMILES string of the molecule is CN=C(NCCCOc1cc(OC)cc(OC)c1)N1CC(C)C(C(=O)OC)C1. The van der Waals surface area contributed by atoms with Crippen LogP contribution in [0.15, 0.2) is 23.2 Å². The standard InChI is InChI=1S/C20H31N3O5/c1-14-12-23(13-18(14)19(24)27-5)20(21-2)22-7-6-8-28-17-10-15(25-3)9-16(11-17)26-4/h9-11,14,18H,6-8,12-13H2,1-5H3,(H,21,22). The van der Waals surface area contributed by atoms with E-state index >= 15 is 0 Å². The van der Waals surface area contributed by atoms with E-state index in [9.17, 15) is 4.79 Å². The Morgan fingerprint density at radius 1 is 1.14 bits per heavy atom. The molecule has 0 saturated carbocycles. The first kappa shape index (κ1) is 21.7. The van der Waals surface area contributed by atoms with Crippen molar-refractivity contribution in [1.82, 2.24) is 10.2 Å². The smallest absolute Gasteiger partial charge is 0.310 e. The van der Waals surface area contributed by atoms with Crippen molar-refractivity contribution < 1.29 is 23.7 Å². The number of ether oxygens (including phenoxy) is 4. The fourth-order valence-corrected chi connectivity index (χ4v) is 3.26. The van der Waals surface area contributed by atoms with Gasteiger partial charge in [-0.1, -0.05) is 6.92 Å². The zero-order valence-corrected chi connectivity index (χ0v) is 17.4. The lowest BCUT2D eigenvalue weighted by atomic mass is 9.99. The second-order valence-electron chi connectivity index (χ2n) is 6.74. The molecule has 1 N–H and O–H groups in total. The maximum absolute atomic E-state index is 11.9. The zero-order chi connectivity index (χ0) is 20.5. The van der Waals surface area contributed by atoms with Gasteiger partial charge in [-0.25, -0.2) is 0 Å². The van der Waals surface area contributed by atoms with Crippen molar-refractivity contribution in [2.24, 2.45) is 16.8 Å². The van der Waals surface area contributed by atoms with Gasteiger partial charge >= 0.3 is 5.97 Å². The molecular weight excluding hydrogens is 362 g/mol. The van der Waals surface area contributed by atoms with Gasteiger partial charge in [0.25, 0.3) is 0 Å². The summed E-state index contributed by atoms with van der Waals surface area (Å²) in [4.78, 5) is 18.3. The molecule has 156 valence electrons. The van der Waals surface area contributed by atoms with Crippen molar-refractivity contribution in [1.29, 1.82) is 0 Å². The minimum atomic E-state index is -0.160. The lowest BCUT2D eigenvalue weighted by Crippen LogP contribution is -2.41. The Bertz CT molecular complexity index is 658. The van der Waals surface area contributed by atoms with Crippen molar-refractivity contribution in [2.45, 2.75) is 13.3 Å². The number of methoxy groups -OCH3 is 3. The van der Waals surface area contributed by atoms with E-state index in [0.29, 0.717) is 36.9 Å². The molecule has 0 spiro atoms. The average molecular weight is 393 g/mol. The van der Waals surface area contributed by atoms with Crippen LogP contribution >= 0.6 is 0 Å². The van der Waals surface area contributed by atoms with Gasteiger partial charge in [-0.05, 0) is 12.3 Å². The van der Waals surface area contributed by atoms with Crippen LogP contribution in [0.25, 0.3) is 0 Å². The normalized spacial score (nSPS) is 19.3. The molecule has 8 heteroatoms. The first-order valence-corrected chi connectivity index (χ1v) is 9.41. The third kappa shape index (κ3) is 5.68. The second kappa shape index (κ2) is 10.6. The van der Waals surface area contributed by atoms with Crippen LogP contribution in [-0.2, 0) is 9.53 Å². The highest BCUT2D eigenvalue weighted by atomic mass is 16.5. The summed E-state index contributed by atoms with van der Waals surface area (Å²) in [7, 11) is 6.40. The van der Waals surface area contributed by atoms with Gasteiger partial charge in [0.1, 0.15) is 17.2 Å². The Labute approximate surface area is 166 Å². The molecule has 1 aliphatic rings. The van der Waals surface area contributed by atoms with Gasteiger partial charge in [0, 0.05) is 44.9 Å². The molecule has 0 aromatic heterocycles.